The topological polar surface area (TPSA) is 110 Å². The van der Waals surface area contributed by atoms with Crippen LogP contribution < -0.4 is 0 Å². The third-order valence-electron chi connectivity index (χ3n) is 9.10. The van der Waals surface area contributed by atoms with Crippen LogP contribution in [0.3, 0.4) is 0 Å². The summed E-state index contributed by atoms with van der Waals surface area (Å²) in [6, 6.07) is 15.4. The summed E-state index contributed by atoms with van der Waals surface area (Å²) in [6.07, 6.45) is 5.03. The second-order valence-corrected chi connectivity index (χ2v) is 12.4. The number of piperidine rings is 1. The van der Waals surface area contributed by atoms with Crippen LogP contribution in [0.1, 0.15) is 76.5 Å². The Bertz CT molecular complexity index is 1530. The molecule has 6 rings (SSSR count). The first kappa shape index (κ1) is 29.7. The number of carbonyl (C=O) groups is 1. The summed E-state index contributed by atoms with van der Waals surface area (Å²) in [5, 5.41) is 32.6. The molecule has 2 unspecified atom stereocenters. The molecule has 0 radical (unpaired) electrons. The number of fused-ring (bicyclic) bond motifs is 1. The predicted molar refractivity (Wildman–Crippen MR) is 157 cm³/mol. The minimum Gasteiger partial charge on any atom is -0.396 e. The number of nitrogens with zero attached hydrogens (tertiary/aromatic N) is 4. The number of β-amino-alcohol motifs (C(OH)–C–C–N with tert-alkyl or cyclic N) is 1. The molecule has 2 aromatic carbocycles. The van der Waals surface area contributed by atoms with E-state index in [2.05, 4.69) is 16.0 Å². The average molecular weight is 605 g/mol. The number of aliphatic hydroxyl groups excluding tert-OH is 2. The lowest BCUT2D eigenvalue weighted by Gasteiger charge is -2.39. The van der Waals surface area contributed by atoms with Crippen molar-refractivity contribution < 1.29 is 24.2 Å². The van der Waals surface area contributed by atoms with Crippen LogP contribution in [-0.4, -0.2) is 63.9 Å². The molecule has 3 aromatic rings. The molecule has 43 heavy (non-hydrogen) atoms. The number of carbonyl (C=O) groups excluding carboxylic acids is 1. The monoisotopic (exact) mass is 604 g/mol. The van der Waals surface area contributed by atoms with Gasteiger partial charge in [0.1, 0.15) is 17.4 Å². The molecule has 1 aliphatic carbocycles. The molecule has 224 valence electrons. The number of rotatable bonds is 10. The summed E-state index contributed by atoms with van der Waals surface area (Å²) in [5.74, 6) is -1.23. The van der Waals surface area contributed by atoms with Crippen molar-refractivity contribution in [2.45, 2.75) is 50.2 Å². The van der Waals surface area contributed by atoms with Crippen LogP contribution in [0, 0.1) is 22.6 Å². The van der Waals surface area contributed by atoms with Gasteiger partial charge in [-0.25, -0.2) is 9.45 Å². The number of aliphatic hydroxyl groups is 2. The van der Waals surface area contributed by atoms with E-state index in [1.807, 2.05) is 0 Å². The van der Waals surface area contributed by atoms with E-state index in [0.29, 0.717) is 27.4 Å². The Hall–Kier alpha value is -3.39. The van der Waals surface area contributed by atoms with Crippen LogP contribution >= 0.6 is 11.6 Å². The summed E-state index contributed by atoms with van der Waals surface area (Å²) < 4.78 is 15.7. The number of hydrogen-bond donors (Lipinski definition) is 2. The zero-order chi connectivity index (χ0) is 30.2. The van der Waals surface area contributed by atoms with Gasteiger partial charge in [-0.05, 0) is 80.2 Å². The highest BCUT2D eigenvalue weighted by Crippen LogP contribution is 2.51. The predicted octanol–water partition coefficient (Wildman–Crippen LogP) is 4.91. The second-order valence-electron chi connectivity index (χ2n) is 12.0. The van der Waals surface area contributed by atoms with E-state index in [9.17, 15) is 20.3 Å². The van der Waals surface area contributed by atoms with Crippen molar-refractivity contribution in [2.24, 2.45) is 5.41 Å². The molecular weight excluding hydrogens is 571 g/mol. The zero-order valence-corrected chi connectivity index (χ0v) is 24.6. The molecule has 2 atom stereocenters. The normalized spacial score (nSPS) is 21.8. The average Bonchev–Trinajstić information content (AvgIpc) is 3.77. The van der Waals surface area contributed by atoms with Crippen LogP contribution in [0.2, 0.25) is 5.02 Å². The van der Waals surface area contributed by atoms with Crippen molar-refractivity contribution in [1.82, 2.24) is 14.9 Å². The smallest absolute Gasteiger partial charge is 0.279 e. The minimum absolute atomic E-state index is 0.0476. The van der Waals surface area contributed by atoms with Gasteiger partial charge in [-0.3, -0.25) is 14.6 Å². The lowest BCUT2D eigenvalue weighted by Crippen LogP contribution is -2.47. The molecule has 8 nitrogen and oxygen atoms in total. The van der Waals surface area contributed by atoms with Gasteiger partial charge in [-0.1, -0.05) is 36.2 Å². The first-order valence-electron chi connectivity index (χ1n) is 14.7. The number of pyridine rings is 1. The molecule has 2 fully saturated rings. The van der Waals surface area contributed by atoms with Crippen LogP contribution in [0.4, 0.5) is 4.39 Å². The van der Waals surface area contributed by atoms with E-state index < -0.39 is 28.8 Å². The highest BCUT2D eigenvalue weighted by molar-refractivity contribution is 6.30. The number of nitriles is 1. The SMILES string of the molecule is N#Cc1ccc(CC2(c3ccc(Cl)cc3)c3ccc(F)c(C(O)CN4CCCCC4)c3C(=O)N2OCC2(CO)CC2)nc1. The zero-order valence-electron chi connectivity index (χ0n) is 23.8. The lowest BCUT2D eigenvalue weighted by molar-refractivity contribution is -0.185. The van der Waals surface area contributed by atoms with E-state index in [4.69, 9.17) is 16.4 Å². The number of hydroxylamine groups is 2. The van der Waals surface area contributed by atoms with Gasteiger partial charge in [0.05, 0.1) is 30.4 Å². The van der Waals surface area contributed by atoms with Crippen molar-refractivity contribution >= 4 is 17.5 Å². The van der Waals surface area contributed by atoms with Crippen molar-refractivity contribution in [2.75, 3.05) is 32.8 Å². The van der Waals surface area contributed by atoms with Gasteiger partial charge in [-0.15, -0.1) is 0 Å². The first-order valence-corrected chi connectivity index (χ1v) is 15.1. The largest absolute Gasteiger partial charge is 0.396 e. The molecular formula is C33H34ClFN4O4. The number of hydrogen-bond acceptors (Lipinski definition) is 7. The third kappa shape index (κ3) is 5.54. The number of likely N-dealkylation sites (tertiary alicyclic amines) is 1. The molecule has 2 aliphatic heterocycles. The molecule has 0 spiro atoms. The molecule has 10 heteroatoms. The highest BCUT2D eigenvalue weighted by Gasteiger charge is 2.55. The van der Waals surface area contributed by atoms with Crippen molar-refractivity contribution in [3.8, 4) is 6.07 Å². The summed E-state index contributed by atoms with van der Waals surface area (Å²) >= 11 is 6.28. The number of halogens is 2. The Balaban J connectivity index is 1.52. The quantitative estimate of drug-likeness (QED) is 0.338. The molecule has 1 aromatic heterocycles. The Labute approximate surface area is 255 Å². The standard InChI is InChI=1S/C33H34ClFN4O4/c34-24-7-5-23(6-8-24)33(16-25-9-4-22(17-36)18-37-25)26-10-11-27(35)30(28(41)19-38-14-2-1-3-15-38)29(26)31(42)39(33)43-21-32(20-40)12-13-32/h4-11,18,28,40-41H,1-3,12-16,19-21H2. The Morgan fingerprint density at radius 2 is 1.84 bits per heavy atom. The van der Waals surface area contributed by atoms with Crippen molar-refractivity contribution in [3.63, 3.8) is 0 Å². The summed E-state index contributed by atoms with van der Waals surface area (Å²) in [4.78, 5) is 27.5. The maximum absolute atomic E-state index is 15.7. The van der Waals surface area contributed by atoms with E-state index in [1.165, 1.54) is 17.3 Å². The Morgan fingerprint density at radius 1 is 1.09 bits per heavy atom. The fraction of sp³-hybridized carbons (Fsp3) is 0.424. The first-order chi connectivity index (χ1) is 20.8. The van der Waals surface area contributed by atoms with Crippen molar-refractivity contribution in [3.05, 3.63) is 99.1 Å². The fourth-order valence-corrected chi connectivity index (χ4v) is 6.50. The molecule has 0 bridgehead atoms. The van der Waals surface area contributed by atoms with Gasteiger partial charge in [0.25, 0.3) is 5.91 Å². The highest BCUT2D eigenvalue weighted by atomic mass is 35.5. The van der Waals surface area contributed by atoms with Crippen molar-refractivity contribution in [1.29, 1.82) is 5.26 Å². The Kier molecular flexibility index (Phi) is 8.24. The Morgan fingerprint density at radius 3 is 2.47 bits per heavy atom. The van der Waals surface area contributed by atoms with Crippen LogP contribution in [0.5, 0.6) is 0 Å². The van der Waals surface area contributed by atoms with Gasteiger partial charge in [0.2, 0.25) is 0 Å². The summed E-state index contributed by atoms with van der Waals surface area (Å²) in [7, 11) is 0. The van der Waals surface area contributed by atoms with E-state index >= 15 is 4.39 Å². The fourth-order valence-electron chi connectivity index (χ4n) is 6.38. The lowest BCUT2D eigenvalue weighted by atomic mass is 9.78. The van der Waals surface area contributed by atoms with Crippen LogP contribution in [-0.2, 0) is 16.8 Å². The molecule has 1 amide bonds. The van der Waals surface area contributed by atoms with Crippen LogP contribution in [0.15, 0.2) is 54.7 Å². The molecule has 1 saturated carbocycles. The maximum Gasteiger partial charge on any atom is 0.279 e. The number of benzene rings is 2. The molecule has 2 N–H and O–H groups in total. The van der Waals surface area contributed by atoms with Gasteiger partial charge in [0.15, 0.2) is 0 Å². The van der Waals surface area contributed by atoms with Gasteiger partial charge in [-0.2, -0.15) is 5.26 Å². The molecule has 1 saturated heterocycles. The summed E-state index contributed by atoms with van der Waals surface area (Å²) in [5.41, 5.74) is 0.374. The van der Waals surface area contributed by atoms with Crippen LogP contribution in [0.25, 0.3) is 0 Å². The number of aromatic nitrogens is 1. The third-order valence-corrected chi connectivity index (χ3v) is 9.35. The molecule has 3 heterocycles. The number of amides is 1. The van der Waals surface area contributed by atoms with E-state index in [0.717, 1.165) is 45.2 Å². The van der Waals surface area contributed by atoms with E-state index in [1.54, 1.807) is 42.5 Å². The second kappa shape index (κ2) is 11.9. The summed E-state index contributed by atoms with van der Waals surface area (Å²) in [6.45, 7) is 1.83. The van der Waals surface area contributed by atoms with Gasteiger partial charge in [0, 0.05) is 40.9 Å². The molecule has 3 aliphatic rings. The minimum atomic E-state index is -1.31. The van der Waals surface area contributed by atoms with Gasteiger partial charge < -0.3 is 15.1 Å². The van der Waals surface area contributed by atoms with E-state index in [-0.39, 0.29) is 37.3 Å². The maximum atomic E-state index is 15.7. The van der Waals surface area contributed by atoms with Gasteiger partial charge >= 0.3 is 0 Å².